The Morgan fingerprint density at radius 2 is 1.70 bits per heavy atom. The summed E-state index contributed by atoms with van der Waals surface area (Å²) in [4.78, 5) is 12.1. The lowest BCUT2D eigenvalue weighted by atomic mass is 10.1. The molecule has 20 heavy (non-hydrogen) atoms. The number of ether oxygens (including phenoxy) is 1. The predicted octanol–water partition coefficient (Wildman–Crippen LogP) is 5.01. The summed E-state index contributed by atoms with van der Waals surface area (Å²) in [7, 11) is 0. The van der Waals surface area contributed by atoms with Gasteiger partial charge in [0.15, 0.2) is 0 Å². The quantitative estimate of drug-likeness (QED) is 0.587. The fraction of sp³-hybridized carbons (Fsp3) is 0.235. The van der Waals surface area contributed by atoms with Crippen LogP contribution >= 0.6 is 11.3 Å². The molecule has 0 spiro atoms. The van der Waals surface area contributed by atoms with E-state index in [-0.39, 0.29) is 5.97 Å². The first-order chi connectivity index (χ1) is 9.44. The highest BCUT2D eigenvalue weighted by Crippen LogP contribution is 2.34. The van der Waals surface area contributed by atoms with Crippen molar-refractivity contribution in [1.29, 1.82) is 0 Å². The number of hydrogen-bond acceptors (Lipinski definition) is 3. The number of carbonyl (C=O) groups is 1. The van der Waals surface area contributed by atoms with Crippen molar-refractivity contribution >= 4 is 37.5 Å². The fourth-order valence-electron chi connectivity index (χ4n) is 2.19. The van der Waals surface area contributed by atoms with Gasteiger partial charge in [0.25, 0.3) is 0 Å². The lowest BCUT2D eigenvalue weighted by molar-refractivity contribution is 0.00697. The molecule has 0 saturated carbocycles. The van der Waals surface area contributed by atoms with Crippen LogP contribution in [0.15, 0.2) is 42.5 Å². The van der Waals surface area contributed by atoms with Crippen LogP contribution in [0.4, 0.5) is 0 Å². The summed E-state index contributed by atoms with van der Waals surface area (Å²) in [5.41, 5.74) is 0.138. The highest BCUT2D eigenvalue weighted by atomic mass is 32.1. The van der Waals surface area contributed by atoms with Crippen LogP contribution in [0.25, 0.3) is 20.2 Å². The molecule has 0 N–H and O–H groups in total. The molecule has 3 rings (SSSR count). The molecule has 2 aromatic carbocycles. The Morgan fingerprint density at radius 3 is 2.45 bits per heavy atom. The van der Waals surface area contributed by atoms with Crippen LogP contribution in [0, 0.1) is 0 Å². The third-order valence-electron chi connectivity index (χ3n) is 3.01. The Hall–Kier alpha value is -1.87. The average Bonchev–Trinajstić information content (AvgIpc) is 2.74. The smallest absolute Gasteiger partial charge is 0.338 e. The maximum atomic E-state index is 12.1. The first-order valence-corrected chi connectivity index (χ1v) is 7.40. The van der Waals surface area contributed by atoms with Gasteiger partial charge in [0.05, 0.1) is 5.56 Å². The molecule has 3 heteroatoms. The molecule has 0 radical (unpaired) electrons. The number of thiophene rings is 1. The minimum atomic E-state index is -0.469. The molecule has 1 heterocycles. The van der Waals surface area contributed by atoms with E-state index in [2.05, 4.69) is 12.1 Å². The summed E-state index contributed by atoms with van der Waals surface area (Å²) in [5.74, 6) is -0.269. The van der Waals surface area contributed by atoms with Crippen molar-refractivity contribution in [3.8, 4) is 0 Å². The van der Waals surface area contributed by atoms with Crippen molar-refractivity contribution in [3.63, 3.8) is 0 Å². The molecular formula is C17H16O2S. The van der Waals surface area contributed by atoms with Gasteiger partial charge in [-0.05, 0) is 45.0 Å². The second-order valence-electron chi connectivity index (χ2n) is 5.81. The summed E-state index contributed by atoms with van der Waals surface area (Å²) >= 11 is 1.74. The maximum absolute atomic E-state index is 12.1. The van der Waals surface area contributed by atoms with Crippen molar-refractivity contribution < 1.29 is 9.53 Å². The van der Waals surface area contributed by atoms with Crippen LogP contribution in [-0.2, 0) is 4.74 Å². The van der Waals surface area contributed by atoms with E-state index < -0.39 is 5.60 Å². The van der Waals surface area contributed by atoms with Gasteiger partial charge in [0.2, 0.25) is 0 Å². The number of benzene rings is 2. The average molecular weight is 284 g/mol. The van der Waals surface area contributed by atoms with Crippen LogP contribution in [0.1, 0.15) is 31.1 Å². The monoisotopic (exact) mass is 284 g/mol. The van der Waals surface area contributed by atoms with E-state index in [1.165, 1.54) is 14.8 Å². The summed E-state index contributed by atoms with van der Waals surface area (Å²) in [6.07, 6.45) is 0. The lowest BCUT2D eigenvalue weighted by Gasteiger charge is -2.19. The third-order valence-corrected chi connectivity index (χ3v) is 4.16. The number of rotatable bonds is 1. The van der Waals surface area contributed by atoms with E-state index in [0.717, 1.165) is 5.39 Å². The van der Waals surface area contributed by atoms with Crippen LogP contribution < -0.4 is 0 Å². The molecule has 0 aliphatic carbocycles. The first-order valence-electron chi connectivity index (χ1n) is 6.59. The molecule has 2 nitrogen and oxygen atoms in total. The Balaban J connectivity index is 2.10. The van der Waals surface area contributed by atoms with Gasteiger partial charge >= 0.3 is 5.97 Å². The SMILES string of the molecule is CC(C)(C)OC(=O)c1ccc2sc3ccccc3c2c1. The van der Waals surface area contributed by atoms with E-state index in [1.807, 2.05) is 51.1 Å². The van der Waals surface area contributed by atoms with Gasteiger partial charge in [-0.2, -0.15) is 0 Å². The number of hydrogen-bond donors (Lipinski definition) is 0. The Morgan fingerprint density at radius 1 is 1.00 bits per heavy atom. The Kier molecular flexibility index (Phi) is 3.02. The highest BCUT2D eigenvalue weighted by Gasteiger charge is 2.18. The van der Waals surface area contributed by atoms with E-state index in [9.17, 15) is 4.79 Å². The minimum Gasteiger partial charge on any atom is -0.456 e. The topological polar surface area (TPSA) is 26.3 Å². The van der Waals surface area contributed by atoms with Crippen molar-refractivity contribution in [2.75, 3.05) is 0 Å². The van der Waals surface area contributed by atoms with Crippen LogP contribution in [0.3, 0.4) is 0 Å². The van der Waals surface area contributed by atoms with Crippen molar-refractivity contribution in [1.82, 2.24) is 0 Å². The maximum Gasteiger partial charge on any atom is 0.338 e. The largest absolute Gasteiger partial charge is 0.456 e. The van der Waals surface area contributed by atoms with Crippen molar-refractivity contribution in [2.24, 2.45) is 0 Å². The van der Waals surface area contributed by atoms with Gasteiger partial charge in [-0.3, -0.25) is 0 Å². The van der Waals surface area contributed by atoms with Gasteiger partial charge in [-0.1, -0.05) is 18.2 Å². The molecule has 102 valence electrons. The van der Waals surface area contributed by atoms with E-state index >= 15 is 0 Å². The molecule has 0 amide bonds. The fourth-order valence-corrected chi connectivity index (χ4v) is 3.28. The van der Waals surface area contributed by atoms with Crippen molar-refractivity contribution in [3.05, 3.63) is 48.0 Å². The molecule has 3 aromatic rings. The molecule has 0 unspecified atom stereocenters. The number of esters is 1. The van der Waals surface area contributed by atoms with E-state index in [4.69, 9.17) is 4.74 Å². The van der Waals surface area contributed by atoms with Crippen LogP contribution in [0.5, 0.6) is 0 Å². The Labute approximate surface area is 122 Å². The zero-order chi connectivity index (χ0) is 14.3. The van der Waals surface area contributed by atoms with Crippen LogP contribution in [0.2, 0.25) is 0 Å². The van der Waals surface area contributed by atoms with Gasteiger partial charge in [-0.25, -0.2) is 4.79 Å². The third kappa shape index (κ3) is 2.41. The molecule has 0 aliphatic rings. The summed E-state index contributed by atoms with van der Waals surface area (Å²) in [5, 5.41) is 2.31. The molecule has 0 saturated heterocycles. The zero-order valence-corrected chi connectivity index (χ0v) is 12.6. The molecule has 1 aromatic heterocycles. The van der Waals surface area contributed by atoms with Gasteiger partial charge in [-0.15, -0.1) is 11.3 Å². The molecule has 0 bridgehead atoms. The van der Waals surface area contributed by atoms with E-state index in [1.54, 1.807) is 11.3 Å². The second kappa shape index (κ2) is 4.60. The molecule has 0 atom stereocenters. The summed E-state index contributed by atoms with van der Waals surface area (Å²) < 4.78 is 7.86. The standard InChI is InChI=1S/C17H16O2S/c1-17(2,3)19-16(18)11-8-9-15-13(10-11)12-6-4-5-7-14(12)20-15/h4-10H,1-3H3. The number of fused-ring (bicyclic) bond motifs is 3. The summed E-state index contributed by atoms with van der Waals surface area (Å²) in [6.45, 7) is 5.64. The van der Waals surface area contributed by atoms with Crippen molar-refractivity contribution in [2.45, 2.75) is 26.4 Å². The van der Waals surface area contributed by atoms with Gasteiger partial charge in [0.1, 0.15) is 5.60 Å². The van der Waals surface area contributed by atoms with Gasteiger partial charge < -0.3 is 4.74 Å². The van der Waals surface area contributed by atoms with Gasteiger partial charge in [0, 0.05) is 20.2 Å². The first kappa shape index (κ1) is 13.1. The normalized spacial score (nSPS) is 11.9. The molecular weight excluding hydrogens is 268 g/mol. The second-order valence-corrected chi connectivity index (χ2v) is 6.89. The molecule has 0 fully saturated rings. The van der Waals surface area contributed by atoms with E-state index in [0.29, 0.717) is 5.56 Å². The Bertz CT molecular complexity index is 793. The van der Waals surface area contributed by atoms with Crippen LogP contribution in [-0.4, -0.2) is 11.6 Å². The predicted molar refractivity (Wildman–Crippen MR) is 84.5 cm³/mol. The highest BCUT2D eigenvalue weighted by molar-refractivity contribution is 7.25. The zero-order valence-electron chi connectivity index (χ0n) is 11.8. The molecule has 0 aliphatic heterocycles. The minimum absolute atomic E-state index is 0.269. The lowest BCUT2D eigenvalue weighted by Crippen LogP contribution is -2.23. The number of carbonyl (C=O) groups excluding carboxylic acids is 1. The summed E-state index contributed by atoms with van der Waals surface area (Å²) in [6, 6.07) is 14.0.